The zero-order chi connectivity index (χ0) is 17.2. The van der Waals surface area contributed by atoms with Crippen molar-refractivity contribution in [1.29, 1.82) is 0 Å². The molecular formula is C18H20N4O2S. The van der Waals surface area contributed by atoms with Gasteiger partial charge >= 0.3 is 0 Å². The molecule has 0 spiro atoms. The normalized spacial score (nSPS) is 14.0. The van der Waals surface area contributed by atoms with Crippen molar-refractivity contribution in [3.63, 3.8) is 0 Å². The fourth-order valence-electron chi connectivity index (χ4n) is 3.22. The molecule has 0 amide bonds. The number of para-hydroxylation sites is 1. The van der Waals surface area contributed by atoms with Gasteiger partial charge in [0, 0.05) is 36.3 Å². The summed E-state index contributed by atoms with van der Waals surface area (Å²) in [4.78, 5) is 8.19. The second-order valence-electron chi connectivity index (χ2n) is 6.04. The van der Waals surface area contributed by atoms with Crippen molar-refractivity contribution < 1.29 is 9.84 Å². The highest BCUT2D eigenvalue weighted by molar-refractivity contribution is 7.15. The predicted molar refractivity (Wildman–Crippen MR) is 96.4 cm³/mol. The fraction of sp³-hybridized carbons (Fsp3) is 0.333. The molecule has 6 nitrogen and oxygen atoms in total. The van der Waals surface area contributed by atoms with E-state index in [1.165, 1.54) is 16.1 Å². The van der Waals surface area contributed by atoms with Crippen LogP contribution in [0.3, 0.4) is 0 Å². The van der Waals surface area contributed by atoms with Crippen LogP contribution in [0.2, 0.25) is 0 Å². The average molecular weight is 356 g/mol. The summed E-state index contributed by atoms with van der Waals surface area (Å²) in [5, 5.41) is 14.5. The van der Waals surface area contributed by atoms with Gasteiger partial charge in [0.2, 0.25) is 0 Å². The number of thiazole rings is 1. The van der Waals surface area contributed by atoms with E-state index in [0.717, 1.165) is 36.0 Å². The molecule has 0 fully saturated rings. The maximum absolute atomic E-state index is 9.13. The zero-order valence-corrected chi connectivity index (χ0v) is 14.9. The molecule has 1 aliphatic rings. The first-order valence-electron chi connectivity index (χ1n) is 8.23. The molecule has 25 heavy (non-hydrogen) atoms. The molecular weight excluding hydrogens is 336 g/mol. The number of nitrogens with zero attached hydrogens (tertiary/aromatic N) is 4. The monoisotopic (exact) mass is 356 g/mol. The van der Waals surface area contributed by atoms with E-state index in [0.29, 0.717) is 6.54 Å². The lowest BCUT2D eigenvalue weighted by Gasteiger charge is -2.13. The van der Waals surface area contributed by atoms with Crippen molar-refractivity contribution in [1.82, 2.24) is 19.7 Å². The van der Waals surface area contributed by atoms with Crippen molar-refractivity contribution in [3.05, 3.63) is 52.8 Å². The third-order valence-electron chi connectivity index (χ3n) is 4.38. The molecule has 3 heterocycles. The Morgan fingerprint density at radius 3 is 2.96 bits per heavy atom. The highest BCUT2D eigenvalue weighted by Gasteiger charge is 2.24. The van der Waals surface area contributed by atoms with Gasteiger partial charge in [0.1, 0.15) is 10.8 Å². The number of benzene rings is 1. The molecule has 0 radical (unpaired) electrons. The number of methoxy groups -OCH3 is 1. The van der Waals surface area contributed by atoms with Gasteiger partial charge in [-0.15, -0.1) is 11.3 Å². The molecule has 1 aliphatic heterocycles. The third-order valence-corrected chi connectivity index (χ3v) is 5.40. The second-order valence-corrected chi connectivity index (χ2v) is 7.16. The summed E-state index contributed by atoms with van der Waals surface area (Å²) in [5.41, 5.74) is 3.50. The zero-order valence-electron chi connectivity index (χ0n) is 14.1. The van der Waals surface area contributed by atoms with Crippen LogP contribution < -0.4 is 4.74 Å². The summed E-state index contributed by atoms with van der Waals surface area (Å²) in [6.45, 7) is 3.29. The molecule has 7 heteroatoms. The summed E-state index contributed by atoms with van der Waals surface area (Å²) < 4.78 is 7.34. The smallest absolute Gasteiger partial charge is 0.129 e. The van der Waals surface area contributed by atoms with Gasteiger partial charge in [-0.05, 0) is 12.1 Å². The van der Waals surface area contributed by atoms with E-state index < -0.39 is 0 Å². The number of hydrogen-bond donors (Lipinski definition) is 1. The van der Waals surface area contributed by atoms with E-state index in [1.54, 1.807) is 18.4 Å². The molecule has 130 valence electrons. The van der Waals surface area contributed by atoms with Crippen LogP contribution >= 0.6 is 11.3 Å². The summed E-state index contributed by atoms with van der Waals surface area (Å²) in [6, 6.07) is 7.97. The van der Waals surface area contributed by atoms with E-state index in [1.807, 2.05) is 41.3 Å². The largest absolute Gasteiger partial charge is 0.496 e. The number of aliphatic hydroxyl groups is 1. The van der Waals surface area contributed by atoms with E-state index >= 15 is 0 Å². The lowest BCUT2D eigenvalue weighted by atomic mass is 10.2. The van der Waals surface area contributed by atoms with Gasteiger partial charge in [-0.25, -0.2) is 4.98 Å². The Bertz CT molecular complexity index is 874. The SMILES string of the molecule is COc1ccccc1-c1ncc(CN2Cc3cnn(CCO)c3C2)s1. The summed E-state index contributed by atoms with van der Waals surface area (Å²) in [5.74, 6) is 0.848. The third kappa shape index (κ3) is 3.18. The van der Waals surface area contributed by atoms with E-state index in [4.69, 9.17) is 9.84 Å². The summed E-state index contributed by atoms with van der Waals surface area (Å²) in [6.07, 6.45) is 3.87. The van der Waals surface area contributed by atoms with Crippen molar-refractivity contribution >= 4 is 11.3 Å². The number of rotatable bonds is 6. The maximum atomic E-state index is 9.13. The Kier molecular flexibility index (Phi) is 4.52. The van der Waals surface area contributed by atoms with Crippen molar-refractivity contribution in [3.8, 4) is 16.3 Å². The van der Waals surface area contributed by atoms with Crippen LogP contribution in [0, 0.1) is 0 Å². The molecule has 0 saturated carbocycles. The lowest BCUT2D eigenvalue weighted by Crippen LogP contribution is -2.17. The van der Waals surface area contributed by atoms with Crippen molar-refractivity contribution in [2.45, 2.75) is 26.2 Å². The van der Waals surface area contributed by atoms with Gasteiger partial charge < -0.3 is 9.84 Å². The Labute approximate surface area is 150 Å². The summed E-state index contributed by atoms with van der Waals surface area (Å²) >= 11 is 1.70. The highest BCUT2D eigenvalue weighted by Crippen LogP contribution is 2.34. The van der Waals surface area contributed by atoms with E-state index in [-0.39, 0.29) is 6.61 Å². The Morgan fingerprint density at radius 1 is 1.24 bits per heavy atom. The summed E-state index contributed by atoms with van der Waals surface area (Å²) in [7, 11) is 1.68. The Morgan fingerprint density at radius 2 is 2.12 bits per heavy atom. The van der Waals surface area contributed by atoms with Gasteiger partial charge in [-0.1, -0.05) is 12.1 Å². The van der Waals surface area contributed by atoms with E-state index in [9.17, 15) is 0 Å². The van der Waals surface area contributed by atoms with Crippen LogP contribution in [-0.2, 0) is 26.2 Å². The molecule has 0 saturated heterocycles. The maximum Gasteiger partial charge on any atom is 0.129 e. The van der Waals surface area contributed by atoms with Gasteiger partial charge in [0.25, 0.3) is 0 Å². The molecule has 1 N–H and O–H groups in total. The fourth-order valence-corrected chi connectivity index (χ4v) is 4.20. The number of aliphatic hydroxyl groups excluding tert-OH is 1. The molecule has 4 rings (SSSR count). The van der Waals surface area contributed by atoms with Crippen LogP contribution in [-0.4, -0.2) is 38.5 Å². The van der Waals surface area contributed by atoms with Crippen molar-refractivity contribution in [2.24, 2.45) is 0 Å². The minimum atomic E-state index is 0.116. The molecule has 1 aromatic carbocycles. The van der Waals surface area contributed by atoms with E-state index in [2.05, 4.69) is 15.0 Å². The van der Waals surface area contributed by atoms with Gasteiger partial charge in [0.05, 0.1) is 37.7 Å². The molecule has 0 bridgehead atoms. The number of fused-ring (bicyclic) bond motifs is 1. The molecule has 3 aromatic rings. The number of aromatic nitrogens is 3. The second kappa shape index (κ2) is 6.95. The standard InChI is InChI=1S/C18H20N4O2S/c1-24-17-5-3-2-4-15(17)18-19-9-14(25-18)11-21-10-13-8-20-22(6-7-23)16(13)12-21/h2-5,8-9,23H,6-7,10-12H2,1H3. The molecule has 2 aromatic heterocycles. The molecule has 0 aliphatic carbocycles. The highest BCUT2D eigenvalue weighted by atomic mass is 32.1. The Balaban J connectivity index is 1.47. The molecule has 0 unspecified atom stereocenters. The first-order valence-corrected chi connectivity index (χ1v) is 9.05. The first kappa shape index (κ1) is 16.3. The van der Waals surface area contributed by atoms with Crippen molar-refractivity contribution in [2.75, 3.05) is 13.7 Å². The van der Waals surface area contributed by atoms with Crippen LogP contribution in [0.15, 0.2) is 36.7 Å². The lowest BCUT2D eigenvalue weighted by molar-refractivity contribution is 0.251. The quantitative estimate of drug-likeness (QED) is 0.735. The predicted octanol–water partition coefficient (Wildman–Crippen LogP) is 2.52. The first-order chi connectivity index (χ1) is 12.3. The van der Waals surface area contributed by atoms with Gasteiger partial charge in [0.15, 0.2) is 0 Å². The number of hydrogen-bond acceptors (Lipinski definition) is 6. The molecule has 0 atom stereocenters. The number of ether oxygens (including phenoxy) is 1. The Hall–Kier alpha value is -2.22. The topological polar surface area (TPSA) is 63.4 Å². The van der Waals surface area contributed by atoms with Crippen LogP contribution in [0.25, 0.3) is 10.6 Å². The van der Waals surface area contributed by atoms with Gasteiger partial charge in [-0.3, -0.25) is 9.58 Å². The van der Waals surface area contributed by atoms with Crippen LogP contribution in [0.4, 0.5) is 0 Å². The minimum Gasteiger partial charge on any atom is -0.496 e. The minimum absolute atomic E-state index is 0.116. The van der Waals surface area contributed by atoms with Gasteiger partial charge in [-0.2, -0.15) is 5.10 Å². The van der Waals surface area contributed by atoms with Crippen LogP contribution in [0.5, 0.6) is 5.75 Å². The van der Waals surface area contributed by atoms with Crippen LogP contribution in [0.1, 0.15) is 16.1 Å². The average Bonchev–Trinajstić information content (AvgIpc) is 3.33.